The minimum atomic E-state index is -0.158. The van der Waals surface area contributed by atoms with Gasteiger partial charge in [-0.2, -0.15) is 0 Å². The molecule has 0 aliphatic heterocycles. The summed E-state index contributed by atoms with van der Waals surface area (Å²) in [5.74, 6) is 0. The Hall–Kier alpha value is -1.71. The highest BCUT2D eigenvalue weighted by Gasteiger charge is 2.07. The highest BCUT2D eigenvalue weighted by atomic mass is 16.2. The SMILES string of the molecule is CCCCNC(=O)Nc1c(C)cc(N)cc1C. The smallest absolute Gasteiger partial charge is 0.319 e. The summed E-state index contributed by atoms with van der Waals surface area (Å²) in [4.78, 5) is 11.6. The molecule has 1 rings (SSSR count). The minimum absolute atomic E-state index is 0.158. The van der Waals surface area contributed by atoms with Crippen molar-refractivity contribution in [1.29, 1.82) is 0 Å². The van der Waals surface area contributed by atoms with Crippen molar-refractivity contribution in [3.05, 3.63) is 23.3 Å². The monoisotopic (exact) mass is 235 g/mol. The van der Waals surface area contributed by atoms with Gasteiger partial charge in [0.2, 0.25) is 0 Å². The number of aryl methyl sites for hydroxylation is 2. The number of unbranched alkanes of at least 4 members (excludes halogenated alkanes) is 1. The Balaban J connectivity index is 2.65. The van der Waals surface area contributed by atoms with E-state index in [1.807, 2.05) is 26.0 Å². The number of amides is 2. The summed E-state index contributed by atoms with van der Waals surface area (Å²) in [6.45, 7) is 6.67. The molecule has 4 nitrogen and oxygen atoms in total. The van der Waals surface area contributed by atoms with Gasteiger partial charge in [0.15, 0.2) is 0 Å². The number of nitrogens with one attached hydrogen (secondary N) is 2. The van der Waals surface area contributed by atoms with Crippen molar-refractivity contribution >= 4 is 17.4 Å². The number of hydrogen-bond donors (Lipinski definition) is 3. The van der Waals surface area contributed by atoms with Gasteiger partial charge in [-0.25, -0.2) is 4.79 Å². The number of benzene rings is 1. The van der Waals surface area contributed by atoms with Gasteiger partial charge in [-0.05, 0) is 43.5 Å². The summed E-state index contributed by atoms with van der Waals surface area (Å²) in [5, 5.41) is 5.68. The molecule has 2 amide bonds. The molecular formula is C13H21N3O. The van der Waals surface area contributed by atoms with E-state index in [1.54, 1.807) is 0 Å². The van der Waals surface area contributed by atoms with Crippen LogP contribution in [0.5, 0.6) is 0 Å². The molecule has 0 aromatic heterocycles. The molecule has 1 aromatic carbocycles. The zero-order valence-electron chi connectivity index (χ0n) is 10.8. The van der Waals surface area contributed by atoms with Gasteiger partial charge in [0.25, 0.3) is 0 Å². The van der Waals surface area contributed by atoms with E-state index < -0.39 is 0 Å². The largest absolute Gasteiger partial charge is 0.399 e. The number of nitrogens with two attached hydrogens (primary N) is 1. The second-order valence-electron chi connectivity index (χ2n) is 4.26. The summed E-state index contributed by atoms with van der Waals surface area (Å²) in [6.07, 6.45) is 2.06. The Morgan fingerprint density at radius 2 is 1.88 bits per heavy atom. The number of urea groups is 1. The van der Waals surface area contributed by atoms with Crippen molar-refractivity contribution in [2.24, 2.45) is 0 Å². The molecule has 0 saturated heterocycles. The summed E-state index contributed by atoms with van der Waals surface area (Å²) in [5.41, 5.74) is 9.25. The average molecular weight is 235 g/mol. The first-order valence-electron chi connectivity index (χ1n) is 5.96. The fourth-order valence-corrected chi connectivity index (χ4v) is 1.73. The van der Waals surface area contributed by atoms with E-state index in [1.165, 1.54) is 0 Å². The van der Waals surface area contributed by atoms with Gasteiger partial charge >= 0.3 is 6.03 Å². The Morgan fingerprint density at radius 3 is 2.41 bits per heavy atom. The summed E-state index contributed by atoms with van der Waals surface area (Å²) >= 11 is 0. The third-order valence-electron chi connectivity index (χ3n) is 2.61. The van der Waals surface area contributed by atoms with Crippen molar-refractivity contribution in [2.45, 2.75) is 33.6 Å². The van der Waals surface area contributed by atoms with Crippen LogP contribution in [0.1, 0.15) is 30.9 Å². The van der Waals surface area contributed by atoms with Gasteiger partial charge in [0.1, 0.15) is 0 Å². The van der Waals surface area contributed by atoms with Crippen LogP contribution in [0.15, 0.2) is 12.1 Å². The van der Waals surface area contributed by atoms with E-state index in [4.69, 9.17) is 5.73 Å². The number of nitrogen functional groups attached to an aromatic ring is 1. The molecular weight excluding hydrogens is 214 g/mol. The van der Waals surface area contributed by atoms with E-state index in [0.717, 1.165) is 35.3 Å². The van der Waals surface area contributed by atoms with E-state index in [0.29, 0.717) is 6.54 Å². The lowest BCUT2D eigenvalue weighted by atomic mass is 10.1. The highest BCUT2D eigenvalue weighted by Crippen LogP contribution is 2.23. The molecule has 0 bridgehead atoms. The lowest BCUT2D eigenvalue weighted by molar-refractivity contribution is 0.252. The molecule has 0 aliphatic rings. The molecule has 0 spiro atoms. The Bertz CT molecular complexity index is 379. The molecule has 0 atom stereocenters. The maximum absolute atomic E-state index is 11.6. The molecule has 0 saturated carbocycles. The fraction of sp³-hybridized carbons (Fsp3) is 0.462. The molecule has 0 heterocycles. The number of rotatable bonds is 4. The van der Waals surface area contributed by atoms with Gasteiger partial charge in [-0.15, -0.1) is 0 Å². The van der Waals surface area contributed by atoms with Crippen molar-refractivity contribution in [2.75, 3.05) is 17.6 Å². The highest BCUT2D eigenvalue weighted by molar-refractivity contribution is 5.91. The van der Waals surface area contributed by atoms with E-state index in [9.17, 15) is 4.79 Å². The summed E-state index contributed by atoms with van der Waals surface area (Å²) in [7, 11) is 0. The quantitative estimate of drug-likeness (QED) is 0.555. The Kier molecular flexibility index (Phi) is 4.82. The molecule has 94 valence electrons. The molecule has 4 heteroatoms. The second-order valence-corrected chi connectivity index (χ2v) is 4.26. The van der Waals surface area contributed by atoms with E-state index in [-0.39, 0.29) is 6.03 Å². The first-order valence-corrected chi connectivity index (χ1v) is 5.96. The molecule has 0 radical (unpaired) electrons. The third-order valence-corrected chi connectivity index (χ3v) is 2.61. The first-order chi connectivity index (χ1) is 8.04. The first kappa shape index (κ1) is 13.4. The van der Waals surface area contributed by atoms with Crippen LogP contribution in [0.25, 0.3) is 0 Å². The lowest BCUT2D eigenvalue weighted by Crippen LogP contribution is -2.30. The number of hydrogen-bond acceptors (Lipinski definition) is 2. The van der Waals surface area contributed by atoms with Gasteiger partial charge in [-0.3, -0.25) is 0 Å². The lowest BCUT2D eigenvalue weighted by Gasteiger charge is -2.13. The van der Waals surface area contributed by atoms with Gasteiger partial charge < -0.3 is 16.4 Å². The predicted molar refractivity (Wildman–Crippen MR) is 72.3 cm³/mol. The maximum Gasteiger partial charge on any atom is 0.319 e. The van der Waals surface area contributed by atoms with Crippen LogP contribution in [0.4, 0.5) is 16.2 Å². The Morgan fingerprint density at radius 1 is 1.29 bits per heavy atom. The van der Waals surface area contributed by atoms with Gasteiger partial charge in [0.05, 0.1) is 0 Å². The van der Waals surface area contributed by atoms with Crippen LogP contribution in [0, 0.1) is 13.8 Å². The minimum Gasteiger partial charge on any atom is -0.399 e. The Labute approximate surface area is 103 Å². The van der Waals surface area contributed by atoms with Crippen molar-refractivity contribution in [3.63, 3.8) is 0 Å². The number of carbonyl (C=O) groups is 1. The van der Waals surface area contributed by atoms with Crippen molar-refractivity contribution < 1.29 is 4.79 Å². The molecule has 0 fully saturated rings. The van der Waals surface area contributed by atoms with Gasteiger partial charge in [-0.1, -0.05) is 13.3 Å². The normalized spacial score (nSPS) is 10.1. The van der Waals surface area contributed by atoms with Crippen LogP contribution < -0.4 is 16.4 Å². The van der Waals surface area contributed by atoms with Crippen LogP contribution in [-0.4, -0.2) is 12.6 Å². The zero-order valence-corrected chi connectivity index (χ0v) is 10.8. The van der Waals surface area contributed by atoms with E-state index >= 15 is 0 Å². The van der Waals surface area contributed by atoms with Crippen molar-refractivity contribution in [3.8, 4) is 0 Å². The van der Waals surface area contributed by atoms with Crippen LogP contribution in [0.2, 0.25) is 0 Å². The fourth-order valence-electron chi connectivity index (χ4n) is 1.73. The number of carbonyl (C=O) groups excluding carboxylic acids is 1. The summed E-state index contributed by atoms with van der Waals surface area (Å²) < 4.78 is 0. The van der Waals surface area contributed by atoms with Gasteiger partial charge in [0, 0.05) is 17.9 Å². The molecule has 1 aromatic rings. The third kappa shape index (κ3) is 3.98. The molecule has 0 unspecified atom stereocenters. The zero-order chi connectivity index (χ0) is 12.8. The topological polar surface area (TPSA) is 67.2 Å². The van der Waals surface area contributed by atoms with Crippen LogP contribution in [0.3, 0.4) is 0 Å². The number of anilines is 2. The van der Waals surface area contributed by atoms with Crippen LogP contribution in [-0.2, 0) is 0 Å². The maximum atomic E-state index is 11.6. The molecule has 0 aliphatic carbocycles. The average Bonchev–Trinajstić information content (AvgIpc) is 2.24. The van der Waals surface area contributed by atoms with Crippen molar-refractivity contribution in [1.82, 2.24) is 5.32 Å². The van der Waals surface area contributed by atoms with Crippen LogP contribution >= 0.6 is 0 Å². The molecule has 17 heavy (non-hydrogen) atoms. The standard InChI is InChI=1S/C13H21N3O/c1-4-5-6-15-13(17)16-12-9(2)7-11(14)8-10(12)3/h7-8H,4-6,14H2,1-3H3,(H2,15,16,17). The predicted octanol–water partition coefficient (Wildman–Crippen LogP) is 2.81. The van der Waals surface area contributed by atoms with E-state index in [2.05, 4.69) is 17.6 Å². The molecule has 4 N–H and O–H groups in total. The second kappa shape index (κ2) is 6.13. The summed E-state index contributed by atoms with van der Waals surface area (Å²) in [6, 6.07) is 3.55.